The van der Waals surface area contributed by atoms with Crippen LogP contribution in [0.15, 0.2) is 42.5 Å². The van der Waals surface area contributed by atoms with Crippen molar-refractivity contribution in [3.05, 3.63) is 69.7 Å². The van der Waals surface area contributed by atoms with E-state index in [1.807, 2.05) is 12.1 Å². The van der Waals surface area contributed by atoms with Crippen molar-refractivity contribution in [2.45, 2.75) is 44.4 Å². The molecule has 0 N–H and O–H groups in total. The summed E-state index contributed by atoms with van der Waals surface area (Å²) in [6.07, 6.45) is 1.14. The van der Waals surface area contributed by atoms with Gasteiger partial charge in [0.05, 0.1) is 4.83 Å². The quantitative estimate of drug-likeness (QED) is 0.521. The summed E-state index contributed by atoms with van der Waals surface area (Å²) in [5.41, 5.74) is 5.25. The summed E-state index contributed by atoms with van der Waals surface area (Å²) < 4.78 is 0. The number of aryl methyl sites for hydroxylation is 1. The highest BCUT2D eigenvalue weighted by atomic mass is 79.9. The monoisotopic (exact) mass is 364 g/mol. The van der Waals surface area contributed by atoms with Gasteiger partial charge in [0, 0.05) is 5.02 Å². The molecule has 2 heteroatoms. The zero-order chi connectivity index (χ0) is 15.6. The van der Waals surface area contributed by atoms with Crippen LogP contribution < -0.4 is 0 Å². The van der Waals surface area contributed by atoms with Gasteiger partial charge in [0.1, 0.15) is 0 Å². The molecule has 2 rings (SSSR count). The maximum atomic E-state index is 6.16. The topological polar surface area (TPSA) is 0 Å². The summed E-state index contributed by atoms with van der Waals surface area (Å²) in [5.74, 6) is 0. The molecule has 0 aromatic heterocycles. The second kappa shape index (κ2) is 6.54. The SMILES string of the molecule is CCC(C)(C)c1ccc(C(Br)c2cc(C)cc(Cl)c2)cc1. The lowest BCUT2D eigenvalue weighted by Gasteiger charge is -2.24. The van der Waals surface area contributed by atoms with Gasteiger partial charge in [-0.25, -0.2) is 0 Å². The predicted octanol–water partition coefficient (Wildman–Crippen LogP) is 6.82. The standard InChI is InChI=1S/C19H22BrCl/c1-5-19(3,4)16-8-6-14(7-9-16)18(20)15-10-13(2)11-17(21)12-15/h6-12,18H,5H2,1-4H3. The van der Waals surface area contributed by atoms with Gasteiger partial charge in [-0.05, 0) is 53.1 Å². The van der Waals surface area contributed by atoms with Crippen LogP contribution in [0, 0.1) is 6.92 Å². The molecule has 0 spiro atoms. The van der Waals surface area contributed by atoms with Crippen molar-refractivity contribution in [2.75, 3.05) is 0 Å². The van der Waals surface area contributed by atoms with Crippen LogP contribution >= 0.6 is 27.5 Å². The molecule has 0 amide bonds. The average Bonchev–Trinajstić information content (AvgIpc) is 2.45. The predicted molar refractivity (Wildman–Crippen MR) is 96.7 cm³/mol. The van der Waals surface area contributed by atoms with Crippen LogP contribution in [0.2, 0.25) is 5.02 Å². The molecule has 0 fully saturated rings. The van der Waals surface area contributed by atoms with Crippen LogP contribution in [0.1, 0.15) is 54.3 Å². The highest BCUT2D eigenvalue weighted by Gasteiger charge is 2.18. The van der Waals surface area contributed by atoms with Crippen LogP contribution in [-0.4, -0.2) is 0 Å². The number of alkyl halides is 1. The number of rotatable bonds is 4. The fraction of sp³-hybridized carbons (Fsp3) is 0.368. The Kier molecular flexibility index (Phi) is 5.16. The Balaban J connectivity index is 2.30. The van der Waals surface area contributed by atoms with Crippen LogP contribution in [0.3, 0.4) is 0 Å². The summed E-state index contributed by atoms with van der Waals surface area (Å²) in [4.78, 5) is 0.175. The molecule has 1 atom stereocenters. The van der Waals surface area contributed by atoms with E-state index in [1.54, 1.807) is 0 Å². The molecule has 21 heavy (non-hydrogen) atoms. The first-order valence-electron chi connectivity index (χ1n) is 7.35. The third kappa shape index (κ3) is 3.90. The van der Waals surface area contributed by atoms with E-state index >= 15 is 0 Å². The summed E-state index contributed by atoms with van der Waals surface area (Å²) >= 11 is 9.96. The Morgan fingerprint density at radius 2 is 1.67 bits per heavy atom. The van der Waals surface area contributed by atoms with Crippen LogP contribution in [0.25, 0.3) is 0 Å². The first-order valence-corrected chi connectivity index (χ1v) is 8.64. The van der Waals surface area contributed by atoms with Crippen LogP contribution in [0.5, 0.6) is 0 Å². The summed E-state index contributed by atoms with van der Waals surface area (Å²) in [7, 11) is 0. The average molecular weight is 366 g/mol. The van der Waals surface area contributed by atoms with Crippen molar-refractivity contribution < 1.29 is 0 Å². The molecule has 0 bridgehead atoms. The Morgan fingerprint density at radius 1 is 1.05 bits per heavy atom. The molecule has 0 heterocycles. The molecule has 0 aliphatic carbocycles. The Bertz CT molecular complexity index is 594. The summed E-state index contributed by atoms with van der Waals surface area (Å²) in [5, 5.41) is 0.790. The van der Waals surface area contributed by atoms with Crippen molar-refractivity contribution >= 4 is 27.5 Å². The minimum absolute atomic E-state index is 0.175. The van der Waals surface area contributed by atoms with Crippen molar-refractivity contribution in [3.8, 4) is 0 Å². The van der Waals surface area contributed by atoms with Crippen molar-refractivity contribution in [1.82, 2.24) is 0 Å². The first kappa shape index (κ1) is 16.6. The largest absolute Gasteiger partial charge is 0.0843 e. The van der Waals surface area contributed by atoms with E-state index < -0.39 is 0 Å². The number of halogens is 2. The first-order chi connectivity index (χ1) is 9.83. The van der Waals surface area contributed by atoms with Gasteiger partial charge in [-0.2, -0.15) is 0 Å². The summed E-state index contributed by atoms with van der Waals surface area (Å²) in [6.45, 7) is 8.87. The maximum absolute atomic E-state index is 6.16. The van der Waals surface area contributed by atoms with Gasteiger partial charge in [-0.15, -0.1) is 0 Å². The van der Waals surface area contributed by atoms with E-state index in [-0.39, 0.29) is 10.2 Å². The number of hydrogen-bond donors (Lipinski definition) is 0. The molecule has 0 saturated heterocycles. The van der Waals surface area contributed by atoms with Gasteiger partial charge in [0.25, 0.3) is 0 Å². The lowest BCUT2D eigenvalue weighted by molar-refractivity contribution is 0.506. The van der Waals surface area contributed by atoms with E-state index in [1.165, 1.54) is 22.3 Å². The lowest BCUT2D eigenvalue weighted by atomic mass is 9.82. The third-order valence-electron chi connectivity index (χ3n) is 4.23. The zero-order valence-corrected chi connectivity index (χ0v) is 15.4. The second-order valence-corrected chi connectivity index (χ2v) is 7.64. The van der Waals surface area contributed by atoms with Crippen LogP contribution in [-0.2, 0) is 5.41 Å². The van der Waals surface area contributed by atoms with Gasteiger partial charge in [0.2, 0.25) is 0 Å². The van der Waals surface area contributed by atoms with Gasteiger partial charge >= 0.3 is 0 Å². The molecule has 112 valence electrons. The van der Waals surface area contributed by atoms with Crippen molar-refractivity contribution in [2.24, 2.45) is 0 Å². The van der Waals surface area contributed by atoms with Gasteiger partial charge in [-0.3, -0.25) is 0 Å². The smallest absolute Gasteiger partial charge is 0.0645 e. The minimum atomic E-state index is 0.175. The fourth-order valence-electron chi connectivity index (χ4n) is 2.41. The highest BCUT2D eigenvalue weighted by Crippen LogP contribution is 2.34. The Labute approximate surface area is 141 Å². The van der Waals surface area contributed by atoms with E-state index in [0.29, 0.717) is 0 Å². The molecule has 0 aliphatic rings. The molecule has 2 aromatic carbocycles. The maximum Gasteiger partial charge on any atom is 0.0645 e. The molecule has 0 aliphatic heterocycles. The van der Waals surface area contributed by atoms with Crippen molar-refractivity contribution in [1.29, 1.82) is 0 Å². The van der Waals surface area contributed by atoms with E-state index in [4.69, 9.17) is 11.6 Å². The number of hydrogen-bond acceptors (Lipinski definition) is 0. The third-order valence-corrected chi connectivity index (χ3v) is 5.50. The van der Waals surface area contributed by atoms with Gasteiger partial charge in [0.15, 0.2) is 0 Å². The van der Waals surface area contributed by atoms with Gasteiger partial charge < -0.3 is 0 Å². The molecule has 0 nitrogen and oxygen atoms in total. The number of benzene rings is 2. The Hall–Kier alpha value is -0.790. The fourth-order valence-corrected chi connectivity index (χ4v) is 3.28. The molecule has 0 radical (unpaired) electrons. The minimum Gasteiger partial charge on any atom is -0.0843 e. The van der Waals surface area contributed by atoms with Crippen molar-refractivity contribution in [3.63, 3.8) is 0 Å². The van der Waals surface area contributed by atoms with Gasteiger partial charge in [-0.1, -0.05) is 78.6 Å². The summed E-state index contributed by atoms with van der Waals surface area (Å²) in [6, 6.07) is 15.1. The molecule has 1 unspecified atom stereocenters. The van der Waals surface area contributed by atoms with E-state index in [9.17, 15) is 0 Å². The van der Waals surface area contributed by atoms with E-state index in [2.05, 4.69) is 74.0 Å². The highest BCUT2D eigenvalue weighted by molar-refractivity contribution is 9.09. The second-order valence-electron chi connectivity index (χ2n) is 6.28. The van der Waals surface area contributed by atoms with Crippen LogP contribution in [0.4, 0.5) is 0 Å². The lowest BCUT2D eigenvalue weighted by Crippen LogP contribution is -2.15. The zero-order valence-electron chi connectivity index (χ0n) is 13.1. The van der Waals surface area contributed by atoms with E-state index in [0.717, 1.165) is 11.4 Å². The Morgan fingerprint density at radius 3 is 2.19 bits per heavy atom. The molecule has 2 aromatic rings. The molecular formula is C19H22BrCl. The molecule has 0 saturated carbocycles. The normalized spacial score (nSPS) is 13.2. The molecular weight excluding hydrogens is 344 g/mol.